The molecule has 0 fully saturated rings. The molecule has 0 aromatic carbocycles. The Kier molecular flexibility index (Phi) is 4.98. The van der Waals surface area contributed by atoms with Gasteiger partial charge >= 0.3 is 5.97 Å². The van der Waals surface area contributed by atoms with E-state index in [1.165, 1.54) is 0 Å². The van der Waals surface area contributed by atoms with Crippen LogP contribution in [0.4, 0.5) is 0 Å². The summed E-state index contributed by atoms with van der Waals surface area (Å²) in [6, 6.07) is 0. The fourth-order valence-electron chi connectivity index (χ4n) is 0.283. The summed E-state index contributed by atoms with van der Waals surface area (Å²) in [4.78, 5) is 10.4. The van der Waals surface area contributed by atoms with Gasteiger partial charge in [-0.25, -0.2) is 4.79 Å². The molecule has 0 aliphatic heterocycles. The normalized spacial score (nSPS) is 7.33. The molecule has 0 aromatic heterocycles. The lowest BCUT2D eigenvalue weighted by atomic mass is 10.6. The lowest BCUT2D eigenvalue weighted by Gasteiger charge is -1.90. The first-order valence-electron chi connectivity index (χ1n) is 2.49. The molecule has 0 saturated carbocycles. The van der Waals surface area contributed by atoms with Crippen LogP contribution < -0.4 is 0 Å². The standard InChI is InChI=1S/C6H7ClO2/c1-2-9-6(8)4-3-5-7/h4-5H,2H2,1H3. The molecule has 9 heavy (non-hydrogen) atoms. The van der Waals surface area contributed by atoms with Gasteiger partial charge in [0.1, 0.15) is 0 Å². The first kappa shape index (κ1) is 8.28. The minimum Gasteiger partial charge on any atom is -0.462 e. The van der Waals surface area contributed by atoms with E-state index in [0.717, 1.165) is 11.6 Å². The zero-order chi connectivity index (χ0) is 7.11. The number of hydrogen-bond donors (Lipinski definition) is 0. The van der Waals surface area contributed by atoms with Crippen molar-refractivity contribution in [3.05, 3.63) is 17.3 Å². The molecule has 0 bridgehead atoms. The molecule has 0 spiro atoms. The third kappa shape index (κ3) is 5.15. The van der Waals surface area contributed by atoms with Gasteiger partial charge in [0.05, 0.1) is 12.7 Å². The molecule has 0 aromatic rings. The number of esters is 1. The molecule has 0 aliphatic carbocycles. The van der Waals surface area contributed by atoms with Crippen molar-refractivity contribution in [2.24, 2.45) is 0 Å². The molecule has 3 heteroatoms. The number of hydrogen-bond acceptors (Lipinski definition) is 2. The molecule has 0 amide bonds. The average Bonchev–Trinajstić information content (AvgIpc) is 1.85. The average molecular weight is 147 g/mol. The van der Waals surface area contributed by atoms with Gasteiger partial charge in [-0.15, -0.1) is 5.73 Å². The highest BCUT2D eigenvalue weighted by Crippen LogP contribution is 1.79. The lowest BCUT2D eigenvalue weighted by Crippen LogP contribution is -1.97. The molecule has 0 atom stereocenters. The van der Waals surface area contributed by atoms with E-state index in [-0.39, 0.29) is 0 Å². The Morgan fingerprint density at radius 1 is 1.89 bits per heavy atom. The molecule has 2 nitrogen and oxygen atoms in total. The topological polar surface area (TPSA) is 26.3 Å². The fourth-order valence-corrected chi connectivity index (χ4v) is 0.346. The Bertz CT molecular complexity index is 145. The summed E-state index contributed by atoms with van der Waals surface area (Å²) in [7, 11) is 0. The summed E-state index contributed by atoms with van der Waals surface area (Å²) >= 11 is 5.07. The third-order valence-corrected chi connectivity index (χ3v) is 0.677. The summed E-state index contributed by atoms with van der Waals surface area (Å²) in [5.74, 6) is -0.422. The fraction of sp³-hybridized carbons (Fsp3) is 0.333. The van der Waals surface area contributed by atoms with Crippen LogP contribution in [0.3, 0.4) is 0 Å². The van der Waals surface area contributed by atoms with Gasteiger partial charge in [0, 0.05) is 5.54 Å². The predicted octanol–water partition coefficient (Wildman–Crippen LogP) is 1.46. The third-order valence-electron chi connectivity index (χ3n) is 0.551. The summed E-state index contributed by atoms with van der Waals surface area (Å²) in [5, 5.41) is 0. The zero-order valence-electron chi connectivity index (χ0n) is 5.06. The van der Waals surface area contributed by atoms with E-state index in [1.54, 1.807) is 6.92 Å². The summed E-state index contributed by atoms with van der Waals surface area (Å²) in [6.07, 6.45) is 1.14. The monoisotopic (exact) mass is 146 g/mol. The zero-order valence-corrected chi connectivity index (χ0v) is 5.81. The quantitative estimate of drug-likeness (QED) is 0.335. The first-order valence-corrected chi connectivity index (χ1v) is 2.92. The van der Waals surface area contributed by atoms with E-state index in [0.29, 0.717) is 6.61 Å². The maximum Gasteiger partial charge on any atom is 0.338 e. The second-order valence-electron chi connectivity index (χ2n) is 1.17. The predicted molar refractivity (Wildman–Crippen MR) is 35.1 cm³/mol. The van der Waals surface area contributed by atoms with Crippen molar-refractivity contribution in [1.29, 1.82) is 0 Å². The number of carbonyl (C=O) groups is 1. The van der Waals surface area contributed by atoms with Crippen LogP contribution in [0.1, 0.15) is 6.92 Å². The molecule has 0 rings (SSSR count). The maximum absolute atomic E-state index is 10.4. The second-order valence-corrected chi connectivity index (χ2v) is 1.39. The molecule has 0 saturated heterocycles. The van der Waals surface area contributed by atoms with Crippen molar-refractivity contribution < 1.29 is 9.53 Å². The minimum absolute atomic E-state index is 0.374. The molecule has 0 aliphatic rings. The molecular weight excluding hydrogens is 140 g/mol. The van der Waals surface area contributed by atoms with E-state index in [4.69, 9.17) is 11.6 Å². The Morgan fingerprint density at radius 2 is 2.56 bits per heavy atom. The van der Waals surface area contributed by atoms with Crippen LogP contribution in [-0.2, 0) is 9.53 Å². The van der Waals surface area contributed by atoms with Gasteiger partial charge in [-0.1, -0.05) is 11.6 Å². The van der Waals surface area contributed by atoms with Crippen LogP contribution in [0.15, 0.2) is 17.3 Å². The van der Waals surface area contributed by atoms with Crippen molar-refractivity contribution in [2.45, 2.75) is 6.92 Å². The molecule has 50 valence electrons. The van der Waals surface area contributed by atoms with Gasteiger partial charge in [0.2, 0.25) is 0 Å². The van der Waals surface area contributed by atoms with Crippen molar-refractivity contribution >= 4 is 17.6 Å². The van der Waals surface area contributed by atoms with Gasteiger partial charge in [-0.05, 0) is 6.92 Å². The summed E-state index contributed by atoms with van der Waals surface area (Å²) < 4.78 is 4.51. The van der Waals surface area contributed by atoms with Crippen LogP contribution in [-0.4, -0.2) is 12.6 Å². The van der Waals surface area contributed by atoms with Gasteiger partial charge in [-0.2, -0.15) is 0 Å². The van der Waals surface area contributed by atoms with Crippen molar-refractivity contribution in [3.8, 4) is 0 Å². The van der Waals surface area contributed by atoms with Gasteiger partial charge < -0.3 is 4.74 Å². The smallest absolute Gasteiger partial charge is 0.338 e. The van der Waals surface area contributed by atoms with Crippen LogP contribution in [0.2, 0.25) is 0 Å². The van der Waals surface area contributed by atoms with Crippen molar-refractivity contribution in [1.82, 2.24) is 0 Å². The molecule has 0 unspecified atom stereocenters. The van der Waals surface area contributed by atoms with Crippen LogP contribution in [0.25, 0.3) is 0 Å². The number of ether oxygens (including phenoxy) is 1. The Labute approximate surface area is 58.8 Å². The van der Waals surface area contributed by atoms with E-state index in [2.05, 4.69) is 10.5 Å². The highest BCUT2D eigenvalue weighted by Gasteiger charge is 1.88. The maximum atomic E-state index is 10.4. The Morgan fingerprint density at radius 3 is 3.00 bits per heavy atom. The van der Waals surface area contributed by atoms with E-state index in [9.17, 15) is 4.79 Å². The number of halogens is 1. The van der Waals surface area contributed by atoms with E-state index < -0.39 is 5.97 Å². The van der Waals surface area contributed by atoms with Crippen molar-refractivity contribution in [2.75, 3.05) is 6.61 Å². The molecule has 0 heterocycles. The second kappa shape index (κ2) is 5.42. The van der Waals surface area contributed by atoms with E-state index in [1.807, 2.05) is 0 Å². The Balaban J connectivity index is 3.63. The van der Waals surface area contributed by atoms with Crippen molar-refractivity contribution in [3.63, 3.8) is 0 Å². The SMILES string of the molecule is CCOC(=O)C=C=CCl. The molecular formula is C6H7ClO2. The van der Waals surface area contributed by atoms with Crippen LogP contribution in [0, 0.1) is 0 Å². The van der Waals surface area contributed by atoms with E-state index >= 15 is 0 Å². The largest absolute Gasteiger partial charge is 0.462 e. The van der Waals surface area contributed by atoms with Gasteiger partial charge in [0.15, 0.2) is 0 Å². The lowest BCUT2D eigenvalue weighted by molar-refractivity contribution is -0.137. The highest BCUT2D eigenvalue weighted by atomic mass is 35.5. The summed E-state index contributed by atoms with van der Waals surface area (Å²) in [5.41, 5.74) is 3.50. The highest BCUT2D eigenvalue weighted by molar-refractivity contribution is 6.25. The first-order chi connectivity index (χ1) is 4.31. The Hall–Kier alpha value is -0.720. The van der Waals surface area contributed by atoms with Gasteiger partial charge in [-0.3, -0.25) is 0 Å². The number of rotatable bonds is 2. The molecule has 0 radical (unpaired) electrons. The minimum atomic E-state index is -0.422. The van der Waals surface area contributed by atoms with Crippen LogP contribution >= 0.6 is 11.6 Å². The van der Waals surface area contributed by atoms with Gasteiger partial charge in [0.25, 0.3) is 0 Å². The molecule has 0 N–H and O–H groups in total. The van der Waals surface area contributed by atoms with Crippen LogP contribution in [0.5, 0.6) is 0 Å². The number of carbonyl (C=O) groups excluding carboxylic acids is 1. The summed E-state index contributed by atoms with van der Waals surface area (Å²) in [6.45, 7) is 2.11.